The lowest BCUT2D eigenvalue weighted by molar-refractivity contribution is 0.306. The quantitative estimate of drug-likeness (QED) is 0.486. The number of aryl methyl sites for hydroxylation is 2. The third-order valence-electron chi connectivity index (χ3n) is 3.40. The van der Waals surface area contributed by atoms with Crippen LogP contribution in [0.1, 0.15) is 30.0 Å². The van der Waals surface area contributed by atoms with E-state index in [1.165, 1.54) is 16.7 Å². The zero-order valence-corrected chi connectivity index (χ0v) is 12.5. The highest BCUT2D eigenvalue weighted by atomic mass is 16.5. The molecule has 0 aliphatic heterocycles. The molecule has 0 fully saturated rings. The number of nitrogens with zero attached hydrogens (tertiary/aromatic N) is 1. The molecule has 0 saturated carbocycles. The summed E-state index contributed by atoms with van der Waals surface area (Å²) in [5, 5.41) is 11.8. The van der Waals surface area contributed by atoms with Gasteiger partial charge in [0.2, 0.25) is 0 Å². The first-order chi connectivity index (χ1) is 10.2. The second-order valence-corrected chi connectivity index (χ2v) is 5.25. The van der Waals surface area contributed by atoms with Crippen LogP contribution in [-0.4, -0.2) is 10.9 Å². The average Bonchev–Trinajstić information content (AvgIpc) is 2.53. The Labute approximate surface area is 125 Å². The highest BCUT2D eigenvalue weighted by molar-refractivity contribution is 5.81. The van der Waals surface area contributed by atoms with Crippen molar-refractivity contribution in [3.63, 3.8) is 0 Å². The summed E-state index contributed by atoms with van der Waals surface area (Å²) in [4.78, 5) is 0. The normalized spacial score (nSPS) is 11.4. The number of hydrogen-bond acceptors (Lipinski definition) is 3. The molecule has 0 atom stereocenters. The molecule has 1 N–H and O–H groups in total. The molecule has 0 bridgehead atoms. The van der Waals surface area contributed by atoms with Gasteiger partial charge in [-0.15, -0.1) is 0 Å². The van der Waals surface area contributed by atoms with Crippen LogP contribution in [0.2, 0.25) is 0 Å². The fourth-order valence-electron chi connectivity index (χ4n) is 1.98. The summed E-state index contributed by atoms with van der Waals surface area (Å²) < 4.78 is 5.77. The van der Waals surface area contributed by atoms with Crippen LogP contribution in [0.15, 0.2) is 53.7 Å². The van der Waals surface area contributed by atoms with Gasteiger partial charge in [0.15, 0.2) is 0 Å². The predicted octanol–water partition coefficient (Wildman–Crippen LogP) is 4.36. The Hall–Kier alpha value is -2.29. The molecular weight excluding hydrogens is 262 g/mol. The van der Waals surface area contributed by atoms with Crippen molar-refractivity contribution in [1.29, 1.82) is 0 Å². The zero-order valence-electron chi connectivity index (χ0n) is 12.5. The van der Waals surface area contributed by atoms with Crippen molar-refractivity contribution in [3.05, 3.63) is 65.2 Å². The Morgan fingerprint density at radius 2 is 1.62 bits per heavy atom. The summed E-state index contributed by atoms with van der Waals surface area (Å²) in [7, 11) is 0. The maximum atomic E-state index is 8.62. The van der Waals surface area contributed by atoms with Crippen LogP contribution in [0.4, 0.5) is 0 Å². The molecule has 0 unspecified atom stereocenters. The highest BCUT2D eigenvalue weighted by Gasteiger charge is 1.99. The van der Waals surface area contributed by atoms with Gasteiger partial charge in [-0.3, -0.25) is 0 Å². The Bertz CT molecular complexity index is 586. The fourth-order valence-corrected chi connectivity index (χ4v) is 1.98. The molecule has 0 amide bonds. The molecular formula is C18H21NO2. The van der Waals surface area contributed by atoms with E-state index in [9.17, 15) is 0 Å². The molecule has 0 heterocycles. The second kappa shape index (κ2) is 7.48. The first-order valence-electron chi connectivity index (χ1n) is 7.12. The summed E-state index contributed by atoms with van der Waals surface area (Å²) in [6.07, 6.45) is 1.63. The molecule has 0 aliphatic rings. The van der Waals surface area contributed by atoms with Gasteiger partial charge in [0.25, 0.3) is 0 Å². The largest absolute Gasteiger partial charge is 0.489 e. The van der Waals surface area contributed by atoms with Gasteiger partial charge in [-0.25, -0.2) is 0 Å². The molecule has 3 nitrogen and oxygen atoms in total. The van der Waals surface area contributed by atoms with E-state index in [2.05, 4.69) is 48.5 Å². The van der Waals surface area contributed by atoms with Gasteiger partial charge < -0.3 is 9.94 Å². The molecule has 110 valence electrons. The van der Waals surface area contributed by atoms with Crippen LogP contribution in [0.5, 0.6) is 5.75 Å². The van der Waals surface area contributed by atoms with Crippen LogP contribution in [0.25, 0.3) is 0 Å². The van der Waals surface area contributed by atoms with Crippen molar-refractivity contribution in [2.24, 2.45) is 5.16 Å². The third kappa shape index (κ3) is 4.95. The average molecular weight is 283 g/mol. The molecule has 2 aromatic rings. The van der Waals surface area contributed by atoms with E-state index in [1.807, 2.05) is 19.1 Å². The Morgan fingerprint density at radius 3 is 2.24 bits per heavy atom. The lowest BCUT2D eigenvalue weighted by Crippen LogP contribution is -1.97. The Kier molecular flexibility index (Phi) is 5.38. The summed E-state index contributed by atoms with van der Waals surface area (Å²) in [6.45, 7) is 4.47. The topological polar surface area (TPSA) is 41.8 Å². The van der Waals surface area contributed by atoms with Gasteiger partial charge in [-0.1, -0.05) is 47.1 Å². The van der Waals surface area contributed by atoms with Gasteiger partial charge in [-0.2, -0.15) is 0 Å². The van der Waals surface area contributed by atoms with E-state index in [-0.39, 0.29) is 0 Å². The number of oxime groups is 1. The molecule has 0 spiro atoms. The van der Waals surface area contributed by atoms with E-state index in [0.717, 1.165) is 24.3 Å². The summed E-state index contributed by atoms with van der Waals surface area (Å²) >= 11 is 0. The van der Waals surface area contributed by atoms with Gasteiger partial charge in [0, 0.05) is 0 Å². The lowest BCUT2D eigenvalue weighted by atomic mass is 10.1. The molecule has 0 saturated heterocycles. The minimum Gasteiger partial charge on any atom is -0.489 e. The van der Waals surface area contributed by atoms with Crippen LogP contribution < -0.4 is 4.74 Å². The standard InChI is InChI=1S/C18H21NO2/c1-14-3-6-17(7-4-14)13-21-18-11-9-16(10-12-18)8-5-15(2)19-20/h3-4,6-7,9-12,20H,5,8,13H2,1-2H3/b19-15+. The third-order valence-corrected chi connectivity index (χ3v) is 3.40. The van der Waals surface area contributed by atoms with Crippen molar-refractivity contribution in [3.8, 4) is 5.75 Å². The van der Waals surface area contributed by atoms with E-state index in [0.29, 0.717) is 6.61 Å². The minimum absolute atomic E-state index is 0.579. The molecule has 0 aliphatic carbocycles. The van der Waals surface area contributed by atoms with Crippen molar-refractivity contribution in [1.82, 2.24) is 0 Å². The molecule has 21 heavy (non-hydrogen) atoms. The number of benzene rings is 2. The number of rotatable bonds is 6. The van der Waals surface area contributed by atoms with Crippen molar-refractivity contribution < 1.29 is 9.94 Å². The van der Waals surface area contributed by atoms with Crippen LogP contribution >= 0.6 is 0 Å². The lowest BCUT2D eigenvalue weighted by Gasteiger charge is -2.08. The van der Waals surface area contributed by atoms with Gasteiger partial charge in [0.1, 0.15) is 12.4 Å². The van der Waals surface area contributed by atoms with E-state index in [4.69, 9.17) is 9.94 Å². The van der Waals surface area contributed by atoms with E-state index < -0.39 is 0 Å². The van der Waals surface area contributed by atoms with Crippen LogP contribution in [0, 0.1) is 6.92 Å². The zero-order chi connectivity index (χ0) is 15.1. The van der Waals surface area contributed by atoms with E-state index in [1.54, 1.807) is 0 Å². The van der Waals surface area contributed by atoms with E-state index >= 15 is 0 Å². The summed E-state index contributed by atoms with van der Waals surface area (Å²) in [5.41, 5.74) is 4.37. The maximum Gasteiger partial charge on any atom is 0.119 e. The van der Waals surface area contributed by atoms with Crippen molar-refractivity contribution >= 4 is 5.71 Å². The number of hydrogen-bond donors (Lipinski definition) is 1. The van der Waals surface area contributed by atoms with Crippen LogP contribution in [-0.2, 0) is 13.0 Å². The summed E-state index contributed by atoms with van der Waals surface area (Å²) in [5.74, 6) is 0.867. The summed E-state index contributed by atoms with van der Waals surface area (Å²) in [6, 6.07) is 16.4. The molecule has 0 aromatic heterocycles. The monoisotopic (exact) mass is 283 g/mol. The van der Waals surface area contributed by atoms with Gasteiger partial charge >= 0.3 is 0 Å². The smallest absolute Gasteiger partial charge is 0.119 e. The van der Waals surface area contributed by atoms with Crippen LogP contribution in [0.3, 0.4) is 0 Å². The van der Waals surface area contributed by atoms with Crippen molar-refractivity contribution in [2.75, 3.05) is 0 Å². The first-order valence-corrected chi connectivity index (χ1v) is 7.12. The van der Waals surface area contributed by atoms with Crippen molar-refractivity contribution in [2.45, 2.75) is 33.3 Å². The Balaban J connectivity index is 1.86. The number of ether oxygens (including phenoxy) is 1. The predicted molar refractivity (Wildman–Crippen MR) is 85.2 cm³/mol. The molecule has 2 rings (SSSR count). The van der Waals surface area contributed by atoms with Gasteiger partial charge in [-0.05, 0) is 49.9 Å². The Morgan fingerprint density at radius 1 is 1.00 bits per heavy atom. The van der Waals surface area contributed by atoms with Gasteiger partial charge in [0.05, 0.1) is 5.71 Å². The first kappa shape index (κ1) is 15.1. The molecule has 0 radical (unpaired) electrons. The molecule has 2 aromatic carbocycles. The second-order valence-electron chi connectivity index (χ2n) is 5.25. The molecule has 3 heteroatoms. The minimum atomic E-state index is 0.579. The maximum absolute atomic E-state index is 8.62. The highest BCUT2D eigenvalue weighted by Crippen LogP contribution is 2.15. The fraction of sp³-hybridized carbons (Fsp3) is 0.278. The SMILES string of the molecule is C/C(CCc1ccc(OCc2ccc(C)cc2)cc1)=N\O.